The predicted octanol–water partition coefficient (Wildman–Crippen LogP) is 2.16. The normalized spacial score (nSPS) is 12.0. The highest BCUT2D eigenvalue weighted by Gasteiger charge is 2.38. The number of hydrogen-bond donors (Lipinski definition) is 3. The number of ether oxygens (including phenoxy) is 2. The van der Waals surface area contributed by atoms with E-state index >= 15 is 0 Å². The van der Waals surface area contributed by atoms with Crippen LogP contribution in [0, 0.1) is 0 Å². The highest BCUT2D eigenvalue weighted by molar-refractivity contribution is 5.94. The molecule has 10 nitrogen and oxygen atoms in total. The van der Waals surface area contributed by atoms with Crippen molar-refractivity contribution >= 4 is 11.9 Å². The number of pyridine rings is 1. The standard InChI is InChI=1S/C16H13N5O3.C2HF3O2/c22-16(11-1-2-12-13(7-11)24-9-23-12)18-8-14-19-15(21-20-14)10-3-5-17-6-4-10;3-2(4,5)1(6)7/h1-7H,8-9H2,(H,18,22)(H,19,20,21);(H,6,7). The maximum absolute atomic E-state index is 12.2. The monoisotopic (exact) mass is 437 g/mol. The molecule has 0 radical (unpaired) electrons. The zero-order chi connectivity index (χ0) is 22.4. The van der Waals surface area contributed by atoms with Crippen molar-refractivity contribution in [3.8, 4) is 22.9 Å². The lowest BCUT2D eigenvalue weighted by atomic mass is 10.2. The van der Waals surface area contributed by atoms with E-state index in [-0.39, 0.29) is 19.2 Å². The molecule has 1 amide bonds. The van der Waals surface area contributed by atoms with Crippen LogP contribution in [0.2, 0.25) is 0 Å². The molecule has 1 aliphatic heterocycles. The molecular formula is C18H14F3N5O5. The van der Waals surface area contributed by atoms with Gasteiger partial charge in [-0.1, -0.05) is 0 Å². The van der Waals surface area contributed by atoms with Crippen LogP contribution in [0.15, 0.2) is 42.7 Å². The summed E-state index contributed by atoms with van der Waals surface area (Å²) in [6.45, 7) is 0.418. The number of carbonyl (C=O) groups is 2. The summed E-state index contributed by atoms with van der Waals surface area (Å²) in [7, 11) is 0. The molecule has 3 aromatic rings. The van der Waals surface area contributed by atoms with Gasteiger partial charge in [0, 0.05) is 23.5 Å². The Bertz CT molecular complexity index is 1070. The third kappa shape index (κ3) is 5.68. The quantitative estimate of drug-likeness (QED) is 0.564. The summed E-state index contributed by atoms with van der Waals surface area (Å²) in [5.74, 6) is -0.644. The number of alkyl halides is 3. The third-order valence-corrected chi connectivity index (χ3v) is 3.76. The zero-order valence-corrected chi connectivity index (χ0v) is 15.5. The van der Waals surface area contributed by atoms with E-state index in [1.165, 1.54) is 0 Å². The Labute approximate surface area is 172 Å². The number of fused-ring (bicyclic) bond motifs is 1. The summed E-state index contributed by atoms with van der Waals surface area (Å²) in [5.41, 5.74) is 1.35. The topological polar surface area (TPSA) is 139 Å². The average Bonchev–Trinajstić information content (AvgIpc) is 3.41. The highest BCUT2D eigenvalue weighted by Crippen LogP contribution is 2.32. The molecule has 0 saturated carbocycles. The molecule has 1 aliphatic rings. The van der Waals surface area contributed by atoms with Crippen LogP contribution in [0.3, 0.4) is 0 Å². The molecule has 162 valence electrons. The minimum atomic E-state index is -5.08. The van der Waals surface area contributed by atoms with Crippen LogP contribution in [0.4, 0.5) is 13.2 Å². The molecule has 0 bridgehead atoms. The van der Waals surface area contributed by atoms with Crippen molar-refractivity contribution in [2.24, 2.45) is 0 Å². The number of halogens is 3. The molecule has 1 aromatic carbocycles. The van der Waals surface area contributed by atoms with Crippen LogP contribution in [-0.4, -0.2) is 50.1 Å². The molecule has 31 heavy (non-hydrogen) atoms. The van der Waals surface area contributed by atoms with Crippen LogP contribution in [-0.2, 0) is 11.3 Å². The first kappa shape index (κ1) is 21.5. The number of aliphatic carboxylic acids is 1. The fourth-order valence-electron chi connectivity index (χ4n) is 2.31. The largest absolute Gasteiger partial charge is 0.490 e. The van der Waals surface area contributed by atoms with Gasteiger partial charge in [0.05, 0.1) is 6.54 Å². The number of H-pyrrole nitrogens is 1. The Morgan fingerprint density at radius 3 is 2.48 bits per heavy atom. The Morgan fingerprint density at radius 2 is 1.81 bits per heavy atom. The number of rotatable bonds is 4. The molecule has 0 aliphatic carbocycles. The second-order valence-corrected chi connectivity index (χ2v) is 5.90. The van der Waals surface area contributed by atoms with Gasteiger partial charge in [-0.15, -0.1) is 0 Å². The number of aromatic amines is 1. The number of benzene rings is 1. The number of carbonyl (C=O) groups excluding carboxylic acids is 1. The summed E-state index contributed by atoms with van der Waals surface area (Å²) in [6.07, 6.45) is -1.74. The molecule has 0 unspecified atom stereocenters. The average molecular weight is 437 g/mol. The zero-order valence-electron chi connectivity index (χ0n) is 15.5. The number of carboxylic acids is 1. The lowest BCUT2D eigenvalue weighted by molar-refractivity contribution is -0.192. The van der Waals surface area contributed by atoms with Crippen molar-refractivity contribution in [1.82, 2.24) is 25.5 Å². The predicted molar refractivity (Wildman–Crippen MR) is 97.0 cm³/mol. The molecule has 0 saturated heterocycles. The molecule has 2 aromatic heterocycles. The molecule has 0 atom stereocenters. The Balaban J connectivity index is 0.000000339. The van der Waals surface area contributed by atoms with Gasteiger partial charge in [-0.3, -0.25) is 14.9 Å². The number of nitrogens with zero attached hydrogens (tertiary/aromatic N) is 3. The van der Waals surface area contributed by atoms with Crippen molar-refractivity contribution in [1.29, 1.82) is 0 Å². The van der Waals surface area contributed by atoms with Crippen LogP contribution in [0.1, 0.15) is 16.2 Å². The van der Waals surface area contributed by atoms with Crippen molar-refractivity contribution < 1.29 is 37.3 Å². The van der Waals surface area contributed by atoms with Gasteiger partial charge in [-0.05, 0) is 30.3 Å². The number of nitrogens with one attached hydrogen (secondary N) is 2. The molecular weight excluding hydrogens is 423 g/mol. The second kappa shape index (κ2) is 9.11. The SMILES string of the molecule is O=C(NCc1nc(-c2ccncc2)n[nH]1)c1ccc2c(c1)OCO2.O=C(O)C(F)(F)F. The molecule has 13 heteroatoms. The van der Waals surface area contributed by atoms with E-state index in [2.05, 4.69) is 25.5 Å². The van der Waals surface area contributed by atoms with E-state index in [1.54, 1.807) is 30.6 Å². The van der Waals surface area contributed by atoms with E-state index in [0.717, 1.165) is 5.56 Å². The van der Waals surface area contributed by atoms with Gasteiger partial charge >= 0.3 is 12.1 Å². The molecule has 0 spiro atoms. The van der Waals surface area contributed by atoms with Gasteiger partial charge in [-0.2, -0.15) is 18.3 Å². The molecule has 3 heterocycles. The first-order valence-corrected chi connectivity index (χ1v) is 8.53. The number of amides is 1. The van der Waals surface area contributed by atoms with Crippen molar-refractivity contribution in [3.63, 3.8) is 0 Å². The van der Waals surface area contributed by atoms with Crippen LogP contribution in [0.5, 0.6) is 11.5 Å². The van der Waals surface area contributed by atoms with Gasteiger partial charge in [0.25, 0.3) is 5.91 Å². The Morgan fingerprint density at radius 1 is 1.13 bits per heavy atom. The first-order chi connectivity index (χ1) is 14.7. The Hall–Kier alpha value is -4.16. The molecule has 3 N–H and O–H groups in total. The smallest absolute Gasteiger partial charge is 0.475 e. The molecule has 4 rings (SSSR count). The summed E-state index contributed by atoms with van der Waals surface area (Å²) in [4.78, 5) is 29.4. The van der Waals surface area contributed by atoms with Crippen molar-refractivity contribution in [2.75, 3.05) is 6.79 Å². The van der Waals surface area contributed by atoms with Gasteiger partial charge in [0.15, 0.2) is 17.3 Å². The summed E-state index contributed by atoms with van der Waals surface area (Å²) in [6, 6.07) is 8.69. The minimum Gasteiger partial charge on any atom is -0.475 e. The van der Waals surface area contributed by atoms with Crippen LogP contribution in [0.25, 0.3) is 11.4 Å². The van der Waals surface area contributed by atoms with Gasteiger partial charge in [-0.25, -0.2) is 9.78 Å². The first-order valence-electron chi connectivity index (χ1n) is 8.53. The fraction of sp³-hybridized carbons (Fsp3) is 0.167. The molecule has 0 fully saturated rings. The second-order valence-electron chi connectivity index (χ2n) is 5.90. The van der Waals surface area contributed by atoms with E-state index in [9.17, 15) is 18.0 Å². The maximum Gasteiger partial charge on any atom is 0.490 e. The fourth-order valence-corrected chi connectivity index (χ4v) is 2.31. The van der Waals surface area contributed by atoms with Gasteiger partial charge in [0.2, 0.25) is 6.79 Å². The summed E-state index contributed by atoms with van der Waals surface area (Å²) < 4.78 is 42.2. The summed E-state index contributed by atoms with van der Waals surface area (Å²) >= 11 is 0. The minimum absolute atomic E-state index is 0.177. The number of aromatic nitrogens is 4. The van der Waals surface area contributed by atoms with Crippen LogP contribution >= 0.6 is 0 Å². The van der Waals surface area contributed by atoms with Crippen molar-refractivity contribution in [2.45, 2.75) is 12.7 Å². The van der Waals surface area contributed by atoms with Gasteiger partial charge in [0.1, 0.15) is 5.82 Å². The van der Waals surface area contributed by atoms with Gasteiger partial charge < -0.3 is 19.9 Å². The summed E-state index contributed by atoms with van der Waals surface area (Å²) in [5, 5.41) is 16.9. The van der Waals surface area contributed by atoms with E-state index in [4.69, 9.17) is 19.4 Å². The van der Waals surface area contributed by atoms with E-state index in [1.807, 2.05) is 12.1 Å². The number of hydrogen-bond acceptors (Lipinski definition) is 7. The van der Waals surface area contributed by atoms with Crippen molar-refractivity contribution in [3.05, 3.63) is 54.1 Å². The third-order valence-electron chi connectivity index (χ3n) is 3.76. The lowest BCUT2D eigenvalue weighted by Gasteiger charge is -2.04. The lowest BCUT2D eigenvalue weighted by Crippen LogP contribution is -2.23. The Kier molecular flexibility index (Phi) is 6.33. The van der Waals surface area contributed by atoms with E-state index < -0.39 is 12.1 Å². The maximum atomic E-state index is 12.2. The van der Waals surface area contributed by atoms with Crippen LogP contribution < -0.4 is 14.8 Å². The highest BCUT2D eigenvalue weighted by atomic mass is 19.4. The van der Waals surface area contributed by atoms with E-state index in [0.29, 0.717) is 28.7 Å². The number of carboxylic acid groups (broad SMARTS) is 1.